The van der Waals surface area contributed by atoms with E-state index in [1.165, 1.54) is 31.4 Å². The van der Waals surface area contributed by atoms with Crippen molar-refractivity contribution < 1.29 is 27.5 Å². The van der Waals surface area contributed by atoms with Crippen LogP contribution in [0.2, 0.25) is 0 Å². The Morgan fingerprint density at radius 2 is 1.45 bits per heavy atom. The number of methoxy groups -OCH3 is 1. The number of esters is 1. The van der Waals surface area contributed by atoms with E-state index in [-0.39, 0.29) is 12.2 Å². The second-order valence-electron chi connectivity index (χ2n) is 7.02. The van der Waals surface area contributed by atoms with E-state index in [2.05, 4.69) is 5.32 Å². The van der Waals surface area contributed by atoms with Gasteiger partial charge in [-0.2, -0.15) is 0 Å². The van der Waals surface area contributed by atoms with E-state index < -0.39 is 25.2 Å². The molecule has 1 unspecified atom stereocenters. The van der Waals surface area contributed by atoms with Crippen molar-refractivity contribution in [3.8, 4) is 0 Å². The molecule has 1 N–H and O–H groups in total. The molecule has 0 heterocycles. The van der Waals surface area contributed by atoms with Crippen LogP contribution in [0.25, 0.3) is 0 Å². The van der Waals surface area contributed by atoms with Crippen LogP contribution in [0.4, 0.5) is 10.1 Å². The molecule has 0 aliphatic rings. The number of ether oxygens (including phenoxy) is 1. The topological polar surface area (TPSA) is 73.9 Å². The molecule has 0 aliphatic carbocycles. The Labute approximate surface area is 170 Å². The Balaban J connectivity index is 2.44. The number of carbonyl (C=O) groups is 1. The summed E-state index contributed by atoms with van der Waals surface area (Å²) in [5, 5.41) is 3.16. The Hall–Kier alpha value is -2.21. The molecule has 0 fully saturated rings. The normalized spacial score (nSPS) is 12.8. The summed E-state index contributed by atoms with van der Waals surface area (Å²) in [6.07, 6.45) is -0.711. The molecule has 0 aromatic heterocycles. The molecule has 6 nitrogen and oxygen atoms in total. The fraction of sp³-hybridized carbons (Fsp3) is 0.381. The molecular formula is C21H27FNO5P. The maximum atomic E-state index is 13.8. The summed E-state index contributed by atoms with van der Waals surface area (Å²) in [5.41, 5.74) is 1.52. The predicted molar refractivity (Wildman–Crippen MR) is 111 cm³/mol. The number of carbonyl (C=O) groups excluding carboxylic acids is 1. The quantitative estimate of drug-likeness (QED) is 0.408. The highest BCUT2D eigenvalue weighted by Gasteiger charge is 2.39. The number of nitrogens with one attached hydrogen (secondary N) is 1. The molecule has 29 heavy (non-hydrogen) atoms. The van der Waals surface area contributed by atoms with Gasteiger partial charge in [0.25, 0.3) is 0 Å². The van der Waals surface area contributed by atoms with Crippen LogP contribution in [0.1, 0.15) is 49.4 Å². The van der Waals surface area contributed by atoms with E-state index in [0.29, 0.717) is 16.8 Å². The van der Waals surface area contributed by atoms with Gasteiger partial charge in [-0.3, -0.25) is 4.57 Å². The number of rotatable bonds is 9. The first-order chi connectivity index (χ1) is 13.6. The Kier molecular flexibility index (Phi) is 7.96. The van der Waals surface area contributed by atoms with Gasteiger partial charge < -0.3 is 19.1 Å². The zero-order chi connectivity index (χ0) is 21.6. The average molecular weight is 423 g/mol. The van der Waals surface area contributed by atoms with Gasteiger partial charge in [-0.15, -0.1) is 0 Å². The van der Waals surface area contributed by atoms with Crippen LogP contribution in [0, 0.1) is 5.82 Å². The minimum absolute atomic E-state index is 0.356. The second-order valence-corrected chi connectivity index (χ2v) is 9.03. The van der Waals surface area contributed by atoms with Gasteiger partial charge in [0.2, 0.25) is 0 Å². The van der Waals surface area contributed by atoms with Crippen molar-refractivity contribution in [3.63, 3.8) is 0 Å². The van der Waals surface area contributed by atoms with Crippen molar-refractivity contribution >= 4 is 19.3 Å². The molecular weight excluding hydrogens is 396 g/mol. The van der Waals surface area contributed by atoms with Crippen LogP contribution >= 0.6 is 7.60 Å². The van der Waals surface area contributed by atoms with Gasteiger partial charge in [0, 0.05) is 5.69 Å². The van der Waals surface area contributed by atoms with E-state index in [1.807, 2.05) is 0 Å². The van der Waals surface area contributed by atoms with Crippen LogP contribution in [0.5, 0.6) is 0 Å². The Morgan fingerprint density at radius 1 is 0.931 bits per heavy atom. The Morgan fingerprint density at radius 3 is 1.90 bits per heavy atom. The van der Waals surface area contributed by atoms with Gasteiger partial charge in [-0.1, -0.05) is 12.1 Å². The van der Waals surface area contributed by atoms with Crippen molar-refractivity contribution in [2.75, 3.05) is 12.4 Å². The highest BCUT2D eigenvalue weighted by atomic mass is 31.2. The molecule has 0 spiro atoms. The third-order valence-corrected chi connectivity index (χ3v) is 6.32. The molecule has 2 aromatic rings. The van der Waals surface area contributed by atoms with Gasteiger partial charge >= 0.3 is 13.6 Å². The summed E-state index contributed by atoms with van der Waals surface area (Å²) in [6.45, 7) is 7.07. The number of benzene rings is 2. The standard InChI is InChI=1S/C21H27FNO5P/c1-14(2)27-29(25,28-15(3)4)20(16-6-10-18(22)11-7-16)23-19-12-8-17(9-13-19)21(24)26-5/h6-15,20,23H,1-5H3. The van der Waals surface area contributed by atoms with Crippen LogP contribution in [0.15, 0.2) is 48.5 Å². The third kappa shape index (κ3) is 6.39. The van der Waals surface area contributed by atoms with Crippen LogP contribution < -0.4 is 5.32 Å². The van der Waals surface area contributed by atoms with Crippen LogP contribution in [-0.2, 0) is 18.3 Å². The highest BCUT2D eigenvalue weighted by Crippen LogP contribution is 2.62. The van der Waals surface area contributed by atoms with E-state index >= 15 is 0 Å². The molecule has 0 saturated heterocycles. The molecule has 158 valence electrons. The van der Waals surface area contributed by atoms with Crippen molar-refractivity contribution in [1.82, 2.24) is 0 Å². The minimum atomic E-state index is -3.71. The van der Waals surface area contributed by atoms with Crippen molar-refractivity contribution in [1.29, 1.82) is 0 Å². The first kappa shape index (κ1) is 23.1. The highest BCUT2D eigenvalue weighted by molar-refractivity contribution is 7.54. The van der Waals surface area contributed by atoms with Crippen LogP contribution in [0.3, 0.4) is 0 Å². The molecule has 2 rings (SSSR count). The zero-order valence-electron chi connectivity index (χ0n) is 17.2. The molecule has 1 atom stereocenters. The number of anilines is 1. The monoisotopic (exact) mass is 423 g/mol. The van der Waals surface area contributed by atoms with Gasteiger partial charge in [-0.05, 0) is 69.7 Å². The lowest BCUT2D eigenvalue weighted by atomic mass is 10.2. The lowest BCUT2D eigenvalue weighted by Gasteiger charge is -2.31. The maximum absolute atomic E-state index is 13.8. The van der Waals surface area contributed by atoms with E-state index in [4.69, 9.17) is 13.8 Å². The third-order valence-electron chi connectivity index (χ3n) is 3.83. The SMILES string of the molecule is COC(=O)c1ccc(NC(c2ccc(F)cc2)P(=O)(OC(C)C)OC(C)C)cc1. The number of halogens is 1. The molecule has 0 radical (unpaired) electrons. The fourth-order valence-corrected chi connectivity index (χ4v) is 5.02. The average Bonchev–Trinajstić information content (AvgIpc) is 2.65. The summed E-state index contributed by atoms with van der Waals surface area (Å²) < 4.78 is 43.4. The second kappa shape index (κ2) is 10.0. The molecule has 0 amide bonds. The predicted octanol–water partition coefficient (Wildman–Crippen LogP) is 5.77. The summed E-state index contributed by atoms with van der Waals surface area (Å²) in [4.78, 5) is 11.6. The number of hydrogen-bond donors (Lipinski definition) is 1. The summed E-state index contributed by atoms with van der Waals surface area (Å²) in [5.74, 6) is -1.74. The van der Waals surface area contributed by atoms with E-state index in [1.54, 1.807) is 52.0 Å². The maximum Gasteiger partial charge on any atom is 0.357 e. The first-order valence-electron chi connectivity index (χ1n) is 9.31. The summed E-state index contributed by atoms with van der Waals surface area (Å²) >= 11 is 0. The van der Waals surface area contributed by atoms with Gasteiger partial charge in [0.1, 0.15) is 5.82 Å². The van der Waals surface area contributed by atoms with E-state index in [9.17, 15) is 13.8 Å². The lowest BCUT2D eigenvalue weighted by molar-refractivity contribution is 0.0600. The lowest BCUT2D eigenvalue weighted by Crippen LogP contribution is -2.19. The first-order valence-corrected chi connectivity index (χ1v) is 10.9. The smallest absolute Gasteiger partial charge is 0.357 e. The molecule has 2 aromatic carbocycles. The fourth-order valence-electron chi connectivity index (χ4n) is 2.70. The summed E-state index contributed by atoms with van der Waals surface area (Å²) in [7, 11) is -2.40. The summed E-state index contributed by atoms with van der Waals surface area (Å²) in [6, 6.07) is 12.2. The largest absolute Gasteiger partial charge is 0.465 e. The van der Waals surface area contributed by atoms with Gasteiger partial charge in [-0.25, -0.2) is 9.18 Å². The molecule has 0 aliphatic heterocycles. The van der Waals surface area contributed by atoms with Crippen molar-refractivity contribution in [3.05, 3.63) is 65.5 Å². The zero-order valence-corrected chi connectivity index (χ0v) is 18.1. The van der Waals surface area contributed by atoms with Crippen LogP contribution in [-0.4, -0.2) is 25.3 Å². The number of hydrogen-bond acceptors (Lipinski definition) is 6. The Bertz CT molecular complexity index is 838. The molecule has 8 heteroatoms. The van der Waals surface area contributed by atoms with Gasteiger partial charge in [0.05, 0.1) is 24.9 Å². The van der Waals surface area contributed by atoms with Gasteiger partial charge in [0.15, 0.2) is 5.78 Å². The van der Waals surface area contributed by atoms with Crippen molar-refractivity contribution in [2.45, 2.75) is 45.7 Å². The molecule has 0 bridgehead atoms. The molecule has 0 saturated carbocycles. The van der Waals surface area contributed by atoms with E-state index in [0.717, 1.165) is 0 Å². The minimum Gasteiger partial charge on any atom is -0.465 e. The van der Waals surface area contributed by atoms with Crippen molar-refractivity contribution in [2.24, 2.45) is 0 Å².